The topological polar surface area (TPSA) is 60.9 Å². The van der Waals surface area contributed by atoms with E-state index in [1.807, 2.05) is 0 Å². The van der Waals surface area contributed by atoms with Crippen molar-refractivity contribution < 1.29 is 13.2 Å². The van der Waals surface area contributed by atoms with E-state index in [-0.39, 0.29) is 5.69 Å². The van der Waals surface area contributed by atoms with Crippen molar-refractivity contribution in [2.45, 2.75) is 19.6 Å². The first-order valence-electron chi connectivity index (χ1n) is 6.07. The second-order valence-corrected chi connectivity index (χ2v) is 4.58. The van der Waals surface area contributed by atoms with E-state index >= 15 is 0 Å². The number of hydrogen-bond acceptors (Lipinski definition) is 3. The number of alkyl halides is 3. The van der Waals surface area contributed by atoms with Crippen LogP contribution in [0.2, 0.25) is 0 Å². The summed E-state index contributed by atoms with van der Waals surface area (Å²) in [5.41, 5.74) is 5.70. The van der Waals surface area contributed by atoms with Gasteiger partial charge in [0.2, 0.25) is 0 Å². The summed E-state index contributed by atoms with van der Waals surface area (Å²) in [6.45, 7) is 0.421. The SMILES string of the molecule is Cc1nc2ccccc2n(CC(CN)C(F)(F)F)c1=O. The zero-order chi connectivity index (χ0) is 14.9. The predicted molar refractivity (Wildman–Crippen MR) is 69.3 cm³/mol. The number of halogens is 3. The van der Waals surface area contributed by atoms with Gasteiger partial charge in [-0.2, -0.15) is 13.2 Å². The molecule has 0 fully saturated rings. The average molecular weight is 285 g/mol. The fourth-order valence-corrected chi connectivity index (χ4v) is 2.03. The summed E-state index contributed by atoms with van der Waals surface area (Å²) in [5, 5.41) is 0. The van der Waals surface area contributed by atoms with Gasteiger partial charge in [-0.1, -0.05) is 12.1 Å². The van der Waals surface area contributed by atoms with Gasteiger partial charge < -0.3 is 10.3 Å². The number of nitrogens with two attached hydrogens (primary N) is 1. The molecule has 0 aliphatic carbocycles. The van der Waals surface area contributed by atoms with Gasteiger partial charge in [-0.15, -0.1) is 0 Å². The van der Waals surface area contributed by atoms with Gasteiger partial charge in [0.15, 0.2) is 0 Å². The molecule has 2 rings (SSSR count). The molecule has 108 valence electrons. The van der Waals surface area contributed by atoms with E-state index in [1.165, 1.54) is 6.92 Å². The van der Waals surface area contributed by atoms with E-state index in [4.69, 9.17) is 5.73 Å². The minimum atomic E-state index is -4.44. The molecule has 2 aromatic rings. The zero-order valence-corrected chi connectivity index (χ0v) is 10.8. The van der Waals surface area contributed by atoms with E-state index in [0.717, 1.165) is 4.57 Å². The lowest BCUT2D eigenvalue weighted by Crippen LogP contribution is -2.37. The minimum absolute atomic E-state index is 0.168. The third-order valence-corrected chi connectivity index (χ3v) is 3.17. The van der Waals surface area contributed by atoms with Gasteiger partial charge in [0.1, 0.15) is 5.69 Å². The van der Waals surface area contributed by atoms with Crippen LogP contribution < -0.4 is 11.3 Å². The Bertz CT molecular complexity index is 679. The molecule has 1 atom stereocenters. The molecule has 0 saturated heterocycles. The lowest BCUT2D eigenvalue weighted by atomic mass is 10.1. The predicted octanol–water partition coefficient (Wildman–Crippen LogP) is 1.84. The monoisotopic (exact) mass is 285 g/mol. The maximum absolute atomic E-state index is 12.8. The first-order valence-corrected chi connectivity index (χ1v) is 6.07. The second-order valence-electron chi connectivity index (χ2n) is 4.58. The van der Waals surface area contributed by atoms with E-state index in [1.54, 1.807) is 24.3 Å². The molecule has 1 aromatic carbocycles. The van der Waals surface area contributed by atoms with Crippen LogP contribution in [-0.2, 0) is 6.54 Å². The number of benzene rings is 1. The molecular weight excluding hydrogens is 271 g/mol. The molecule has 0 spiro atoms. The number of aryl methyl sites for hydroxylation is 1. The first-order chi connectivity index (χ1) is 9.34. The van der Waals surface area contributed by atoms with Gasteiger partial charge in [-0.3, -0.25) is 4.79 Å². The van der Waals surface area contributed by atoms with Crippen LogP contribution in [0, 0.1) is 12.8 Å². The van der Waals surface area contributed by atoms with Crippen LogP contribution in [0.5, 0.6) is 0 Å². The quantitative estimate of drug-likeness (QED) is 0.936. The summed E-state index contributed by atoms with van der Waals surface area (Å²) in [4.78, 5) is 16.1. The van der Waals surface area contributed by atoms with Gasteiger partial charge in [0, 0.05) is 13.1 Å². The third kappa shape index (κ3) is 2.67. The number of para-hydroxylation sites is 2. The Morgan fingerprint density at radius 3 is 2.60 bits per heavy atom. The highest BCUT2D eigenvalue weighted by atomic mass is 19.4. The number of aromatic nitrogens is 2. The molecule has 0 radical (unpaired) electrons. The number of nitrogens with zero attached hydrogens (tertiary/aromatic N) is 2. The zero-order valence-electron chi connectivity index (χ0n) is 10.8. The summed E-state index contributed by atoms with van der Waals surface area (Å²) in [5.74, 6) is -1.76. The first kappa shape index (κ1) is 14.5. The molecule has 1 unspecified atom stereocenters. The highest BCUT2D eigenvalue weighted by Gasteiger charge is 2.39. The van der Waals surface area contributed by atoms with Gasteiger partial charge in [-0.05, 0) is 19.1 Å². The van der Waals surface area contributed by atoms with Gasteiger partial charge in [0.25, 0.3) is 5.56 Å². The van der Waals surface area contributed by atoms with Crippen molar-refractivity contribution in [1.29, 1.82) is 0 Å². The molecule has 0 bridgehead atoms. The van der Waals surface area contributed by atoms with Crippen LogP contribution in [-0.4, -0.2) is 22.3 Å². The Hall–Kier alpha value is -1.89. The van der Waals surface area contributed by atoms with Crippen molar-refractivity contribution in [3.63, 3.8) is 0 Å². The maximum atomic E-state index is 12.8. The molecular formula is C13H14F3N3O. The summed E-state index contributed by atoms with van der Waals surface area (Å²) in [7, 11) is 0. The van der Waals surface area contributed by atoms with Crippen molar-refractivity contribution in [2.75, 3.05) is 6.54 Å². The Kier molecular flexibility index (Phi) is 3.80. The van der Waals surface area contributed by atoms with Crippen molar-refractivity contribution in [3.8, 4) is 0 Å². The average Bonchev–Trinajstić information content (AvgIpc) is 2.38. The molecule has 1 heterocycles. The lowest BCUT2D eigenvalue weighted by molar-refractivity contribution is -0.175. The highest BCUT2D eigenvalue weighted by Crippen LogP contribution is 2.27. The van der Waals surface area contributed by atoms with E-state index in [9.17, 15) is 18.0 Å². The Balaban J connectivity index is 2.58. The standard InChI is InChI=1S/C13H14F3N3O/c1-8-12(20)19(7-9(6-17)13(14,15)16)11-5-3-2-4-10(11)18-8/h2-5,9H,6-7,17H2,1H3. The fourth-order valence-electron chi connectivity index (χ4n) is 2.03. The minimum Gasteiger partial charge on any atom is -0.330 e. The Morgan fingerprint density at radius 2 is 2.00 bits per heavy atom. The van der Waals surface area contributed by atoms with Crippen LogP contribution in [0.15, 0.2) is 29.1 Å². The van der Waals surface area contributed by atoms with Gasteiger partial charge >= 0.3 is 6.18 Å². The normalized spacial score (nSPS) is 13.7. The molecule has 4 nitrogen and oxygen atoms in total. The number of hydrogen-bond donors (Lipinski definition) is 1. The highest BCUT2D eigenvalue weighted by molar-refractivity contribution is 5.74. The Labute approximate surface area is 113 Å². The van der Waals surface area contributed by atoms with Crippen LogP contribution in [0.25, 0.3) is 11.0 Å². The molecule has 7 heteroatoms. The molecule has 0 aliphatic heterocycles. The van der Waals surface area contributed by atoms with E-state index in [2.05, 4.69) is 4.98 Å². The second kappa shape index (κ2) is 5.24. The van der Waals surface area contributed by atoms with Crippen molar-refractivity contribution in [1.82, 2.24) is 9.55 Å². The number of rotatable bonds is 3. The van der Waals surface area contributed by atoms with E-state index in [0.29, 0.717) is 11.0 Å². The molecule has 0 amide bonds. The van der Waals surface area contributed by atoms with Gasteiger partial charge in [-0.25, -0.2) is 4.98 Å². The van der Waals surface area contributed by atoms with Gasteiger partial charge in [0.05, 0.1) is 17.0 Å². The summed E-state index contributed by atoms with van der Waals surface area (Å²) in [6, 6.07) is 6.60. The Morgan fingerprint density at radius 1 is 1.35 bits per heavy atom. The van der Waals surface area contributed by atoms with Crippen molar-refractivity contribution in [2.24, 2.45) is 11.7 Å². The van der Waals surface area contributed by atoms with Crippen LogP contribution in [0.3, 0.4) is 0 Å². The lowest BCUT2D eigenvalue weighted by Gasteiger charge is -2.20. The molecule has 0 saturated carbocycles. The van der Waals surface area contributed by atoms with Crippen molar-refractivity contribution >= 4 is 11.0 Å². The van der Waals surface area contributed by atoms with Crippen LogP contribution in [0.1, 0.15) is 5.69 Å². The molecule has 0 aliphatic rings. The smallest absolute Gasteiger partial charge is 0.330 e. The third-order valence-electron chi connectivity index (χ3n) is 3.17. The number of fused-ring (bicyclic) bond motifs is 1. The summed E-state index contributed by atoms with van der Waals surface area (Å²) < 4.78 is 39.6. The summed E-state index contributed by atoms with van der Waals surface area (Å²) in [6.07, 6.45) is -4.44. The van der Waals surface area contributed by atoms with Crippen molar-refractivity contribution in [3.05, 3.63) is 40.3 Å². The van der Waals surface area contributed by atoms with Crippen LogP contribution >= 0.6 is 0 Å². The van der Waals surface area contributed by atoms with E-state index < -0.39 is 30.7 Å². The molecule has 20 heavy (non-hydrogen) atoms. The fraction of sp³-hybridized carbons (Fsp3) is 0.385. The maximum Gasteiger partial charge on any atom is 0.394 e. The summed E-state index contributed by atoms with van der Waals surface area (Å²) >= 11 is 0. The molecule has 2 N–H and O–H groups in total. The largest absolute Gasteiger partial charge is 0.394 e. The molecule has 1 aromatic heterocycles. The van der Waals surface area contributed by atoms with Crippen LogP contribution in [0.4, 0.5) is 13.2 Å².